The molecule has 1 amide bonds. The Bertz CT molecular complexity index is 355. The molecule has 1 aliphatic carbocycles. The van der Waals surface area contributed by atoms with E-state index in [4.69, 9.17) is 9.47 Å². The van der Waals surface area contributed by atoms with E-state index in [1.165, 1.54) is 0 Å². The molecular weight excluding hydrogens is 254 g/mol. The van der Waals surface area contributed by atoms with Crippen LogP contribution in [-0.4, -0.2) is 49.3 Å². The first-order valence-electron chi connectivity index (χ1n) is 7.99. The first kappa shape index (κ1) is 14.1. The standard InChI is InChI=1S/C16H25NO3/c18-16(11-13-3-1-2-4-13)17-8-5-14(6-9-17)20-15-7-10-19-12-15/h1,3,13-15H,2,4-12H2/t13-,15-/m0/s1. The lowest BCUT2D eigenvalue weighted by Gasteiger charge is -2.33. The Morgan fingerprint density at radius 3 is 2.70 bits per heavy atom. The van der Waals surface area contributed by atoms with E-state index in [1.54, 1.807) is 0 Å². The molecule has 0 N–H and O–H groups in total. The first-order chi connectivity index (χ1) is 9.81. The van der Waals surface area contributed by atoms with E-state index in [9.17, 15) is 4.79 Å². The summed E-state index contributed by atoms with van der Waals surface area (Å²) in [7, 11) is 0. The van der Waals surface area contributed by atoms with Gasteiger partial charge in [-0.3, -0.25) is 4.79 Å². The van der Waals surface area contributed by atoms with Crippen LogP contribution < -0.4 is 0 Å². The fraction of sp³-hybridized carbons (Fsp3) is 0.812. The number of piperidine rings is 1. The normalized spacial score (nSPS) is 31.1. The molecule has 4 nitrogen and oxygen atoms in total. The van der Waals surface area contributed by atoms with Crippen LogP contribution in [0.4, 0.5) is 0 Å². The number of carbonyl (C=O) groups excluding carboxylic acids is 1. The topological polar surface area (TPSA) is 38.8 Å². The van der Waals surface area contributed by atoms with Crippen molar-refractivity contribution in [2.24, 2.45) is 5.92 Å². The Labute approximate surface area is 121 Å². The Hall–Kier alpha value is -0.870. The van der Waals surface area contributed by atoms with Crippen LogP contribution in [0.5, 0.6) is 0 Å². The molecule has 3 rings (SSSR count). The van der Waals surface area contributed by atoms with Crippen LogP contribution in [0.25, 0.3) is 0 Å². The highest BCUT2D eigenvalue weighted by atomic mass is 16.5. The van der Waals surface area contributed by atoms with E-state index in [1.807, 2.05) is 4.90 Å². The van der Waals surface area contributed by atoms with Gasteiger partial charge in [0, 0.05) is 26.1 Å². The quantitative estimate of drug-likeness (QED) is 0.740. The molecular formula is C16H25NO3. The van der Waals surface area contributed by atoms with Crippen molar-refractivity contribution in [3.05, 3.63) is 12.2 Å². The SMILES string of the molecule is O=C(C[C@H]1C=CCC1)N1CCC(O[C@H]2CCOC2)CC1. The van der Waals surface area contributed by atoms with Crippen LogP contribution >= 0.6 is 0 Å². The third-order valence-corrected chi connectivity index (χ3v) is 4.62. The molecule has 2 fully saturated rings. The molecule has 0 unspecified atom stereocenters. The Kier molecular flexibility index (Phi) is 4.73. The van der Waals surface area contributed by atoms with E-state index in [2.05, 4.69) is 12.2 Å². The van der Waals surface area contributed by atoms with Gasteiger partial charge in [-0.05, 0) is 38.0 Å². The Morgan fingerprint density at radius 2 is 2.05 bits per heavy atom. The van der Waals surface area contributed by atoms with Crippen LogP contribution in [0.1, 0.15) is 38.5 Å². The number of carbonyl (C=O) groups is 1. The zero-order chi connectivity index (χ0) is 13.8. The molecule has 2 heterocycles. The van der Waals surface area contributed by atoms with Gasteiger partial charge in [0.25, 0.3) is 0 Å². The van der Waals surface area contributed by atoms with Gasteiger partial charge in [0.2, 0.25) is 5.91 Å². The summed E-state index contributed by atoms with van der Waals surface area (Å²) in [5, 5.41) is 0. The number of rotatable bonds is 4. The highest BCUT2D eigenvalue weighted by Gasteiger charge is 2.27. The van der Waals surface area contributed by atoms with E-state index < -0.39 is 0 Å². The molecule has 3 aliphatic rings. The largest absolute Gasteiger partial charge is 0.379 e. The van der Waals surface area contributed by atoms with E-state index >= 15 is 0 Å². The maximum absolute atomic E-state index is 12.2. The molecule has 112 valence electrons. The average molecular weight is 279 g/mol. The molecule has 0 spiro atoms. The maximum atomic E-state index is 12.2. The summed E-state index contributed by atoms with van der Waals surface area (Å²) in [6.07, 6.45) is 10.9. The van der Waals surface area contributed by atoms with Crippen molar-refractivity contribution < 1.29 is 14.3 Å². The Morgan fingerprint density at radius 1 is 1.20 bits per heavy atom. The number of amides is 1. The van der Waals surface area contributed by atoms with E-state index in [-0.39, 0.29) is 6.10 Å². The van der Waals surface area contributed by atoms with E-state index in [0.29, 0.717) is 24.3 Å². The molecule has 4 heteroatoms. The second-order valence-corrected chi connectivity index (χ2v) is 6.17. The zero-order valence-corrected chi connectivity index (χ0v) is 12.1. The molecule has 0 aromatic carbocycles. The van der Waals surface area contributed by atoms with Crippen molar-refractivity contribution in [1.82, 2.24) is 4.90 Å². The summed E-state index contributed by atoms with van der Waals surface area (Å²) in [5.74, 6) is 0.802. The summed E-state index contributed by atoms with van der Waals surface area (Å²) >= 11 is 0. The molecule has 20 heavy (non-hydrogen) atoms. The van der Waals surface area contributed by atoms with Gasteiger partial charge >= 0.3 is 0 Å². The van der Waals surface area contributed by atoms with Crippen molar-refractivity contribution in [1.29, 1.82) is 0 Å². The first-order valence-corrected chi connectivity index (χ1v) is 7.99. The van der Waals surface area contributed by atoms with Gasteiger partial charge in [-0.2, -0.15) is 0 Å². The minimum atomic E-state index is 0.283. The third kappa shape index (κ3) is 3.61. The van der Waals surface area contributed by atoms with E-state index in [0.717, 1.165) is 58.4 Å². The number of likely N-dealkylation sites (tertiary alicyclic amines) is 1. The molecule has 2 aliphatic heterocycles. The minimum absolute atomic E-state index is 0.283. The van der Waals surface area contributed by atoms with Gasteiger partial charge in [0.05, 0.1) is 18.8 Å². The lowest BCUT2D eigenvalue weighted by molar-refractivity contribution is -0.135. The zero-order valence-electron chi connectivity index (χ0n) is 12.1. The molecule has 2 atom stereocenters. The minimum Gasteiger partial charge on any atom is -0.379 e. The predicted molar refractivity (Wildman–Crippen MR) is 76.4 cm³/mol. The molecule has 0 radical (unpaired) electrons. The summed E-state index contributed by atoms with van der Waals surface area (Å²) in [4.78, 5) is 14.3. The van der Waals surface area contributed by atoms with Crippen LogP contribution in [-0.2, 0) is 14.3 Å². The average Bonchev–Trinajstić information content (AvgIpc) is 3.13. The van der Waals surface area contributed by atoms with Crippen LogP contribution in [0.2, 0.25) is 0 Å². The van der Waals surface area contributed by atoms with Crippen molar-refractivity contribution in [2.75, 3.05) is 26.3 Å². The fourth-order valence-electron chi connectivity index (χ4n) is 3.35. The monoisotopic (exact) mass is 279 g/mol. The number of hydrogen-bond donors (Lipinski definition) is 0. The van der Waals surface area contributed by atoms with Crippen molar-refractivity contribution in [2.45, 2.75) is 50.7 Å². The van der Waals surface area contributed by atoms with Crippen LogP contribution in [0.3, 0.4) is 0 Å². The number of hydrogen-bond acceptors (Lipinski definition) is 3. The van der Waals surface area contributed by atoms with Gasteiger partial charge in [-0.25, -0.2) is 0 Å². The van der Waals surface area contributed by atoms with Gasteiger partial charge in [-0.1, -0.05) is 12.2 Å². The number of nitrogens with zero attached hydrogens (tertiary/aromatic N) is 1. The lowest BCUT2D eigenvalue weighted by Crippen LogP contribution is -2.42. The van der Waals surface area contributed by atoms with Crippen molar-refractivity contribution >= 4 is 5.91 Å². The molecule has 0 saturated carbocycles. The second-order valence-electron chi connectivity index (χ2n) is 6.17. The molecule has 2 saturated heterocycles. The molecule has 0 aromatic rings. The molecule has 0 aromatic heterocycles. The van der Waals surface area contributed by atoms with Crippen molar-refractivity contribution in [3.63, 3.8) is 0 Å². The predicted octanol–water partition coefficient (Wildman–Crippen LogP) is 2.14. The highest BCUT2D eigenvalue weighted by molar-refractivity contribution is 5.76. The lowest BCUT2D eigenvalue weighted by atomic mass is 10.0. The number of ether oxygens (including phenoxy) is 2. The van der Waals surface area contributed by atoms with Crippen LogP contribution in [0, 0.1) is 5.92 Å². The fourth-order valence-corrected chi connectivity index (χ4v) is 3.35. The Balaban J connectivity index is 1.38. The summed E-state index contributed by atoms with van der Waals surface area (Å²) < 4.78 is 11.4. The van der Waals surface area contributed by atoms with Gasteiger partial charge < -0.3 is 14.4 Å². The smallest absolute Gasteiger partial charge is 0.223 e. The maximum Gasteiger partial charge on any atom is 0.223 e. The summed E-state index contributed by atoms with van der Waals surface area (Å²) in [5.41, 5.74) is 0. The highest BCUT2D eigenvalue weighted by Crippen LogP contribution is 2.23. The van der Waals surface area contributed by atoms with Gasteiger partial charge in [0.15, 0.2) is 0 Å². The third-order valence-electron chi connectivity index (χ3n) is 4.62. The summed E-state index contributed by atoms with van der Waals surface area (Å²) in [6, 6.07) is 0. The molecule has 0 bridgehead atoms. The summed E-state index contributed by atoms with van der Waals surface area (Å²) in [6.45, 7) is 3.28. The van der Waals surface area contributed by atoms with Crippen LogP contribution in [0.15, 0.2) is 12.2 Å². The van der Waals surface area contributed by atoms with Crippen molar-refractivity contribution in [3.8, 4) is 0 Å². The van der Waals surface area contributed by atoms with Gasteiger partial charge in [0.1, 0.15) is 0 Å². The second kappa shape index (κ2) is 6.72. The number of allylic oxidation sites excluding steroid dienone is 2. The van der Waals surface area contributed by atoms with Gasteiger partial charge in [-0.15, -0.1) is 0 Å².